The average Bonchev–Trinajstić information content (AvgIpc) is 2.70. The van der Waals surface area contributed by atoms with Crippen molar-refractivity contribution in [2.24, 2.45) is 0 Å². The molecule has 0 unspecified atom stereocenters. The lowest BCUT2D eigenvalue weighted by Crippen LogP contribution is -2.13. The first kappa shape index (κ1) is 19.7. The van der Waals surface area contributed by atoms with Gasteiger partial charge in [0.15, 0.2) is 0 Å². The highest BCUT2D eigenvalue weighted by atomic mass is 19.1. The third kappa shape index (κ3) is 4.64. The second-order valence-electron chi connectivity index (χ2n) is 5.99. The number of halogens is 1. The molecule has 29 heavy (non-hydrogen) atoms. The van der Waals surface area contributed by atoms with Crippen molar-refractivity contribution in [3.8, 4) is 17.4 Å². The number of nitro groups is 1. The van der Waals surface area contributed by atoms with Gasteiger partial charge in [-0.05, 0) is 42.8 Å². The third-order valence-corrected chi connectivity index (χ3v) is 3.98. The van der Waals surface area contributed by atoms with Crippen molar-refractivity contribution in [3.05, 3.63) is 81.8 Å². The fourth-order valence-corrected chi connectivity index (χ4v) is 2.54. The number of amides is 1. The van der Waals surface area contributed by atoms with Gasteiger partial charge >= 0.3 is 0 Å². The molecule has 0 radical (unpaired) electrons. The molecule has 0 aliphatic rings. The number of carbonyl (C=O) groups is 1. The summed E-state index contributed by atoms with van der Waals surface area (Å²) in [5.41, 5.74) is 0.711. The van der Waals surface area contributed by atoms with E-state index in [2.05, 4.69) is 10.3 Å². The molecule has 0 atom stereocenters. The van der Waals surface area contributed by atoms with E-state index in [9.17, 15) is 19.3 Å². The highest BCUT2D eigenvalue weighted by molar-refractivity contribution is 6.06. The van der Waals surface area contributed by atoms with Crippen molar-refractivity contribution >= 4 is 17.3 Å². The second kappa shape index (κ2) is 8.34. The number of methoxy groups -OCH3 is 1. The number of anilines is 1. The van der Waals surface area contributed by atoms with Crippen molar-refractivity contribution in [3.63, 3.8) is 0 Å². The molecule has 1 N–H and O–H groups in total. The molecule has 0 saturated heterocycles. The number of hydrogen-bond donors (Lipinski definition) is 1. The van der Waals surface area contributed by atoms with Gasteiger partial charge in [-0.3, -0.25) is 14.9 Å². The molecule has 0 aliphatic carbocycles. The monoisotopic (exact) mass is 397 g/mol. The molecule has 0 bridgehead atoms. The van der Waals surface area contributed by atoms with Crippen LogP contribution in [0, 0.1) is 22.9 Å². The minimum atomic E-state index is -0.597. The molecule has 9 heteroatoms. The van der Waals surface area contributed by atoms with Crippen LogP contribution in [0.2, 0.25) is 0 Å². The lowest BCUT2D eigenvalue weighted by Gasteiger charge is -2.13. The minimum absolute atomic E-state index is 0.0348. The summed E-state index contributed by atoms with van der Waals surface area (Å²) >= 11 is 0. The van der Waals surface area contributed by atoms with Gasteiger partial charge in [-0.25, -0.2) is 9.37 Å². The molecule has 0 saturated carbocycles. The van der Waals surface area contributed by atoms with Crippen LogP contribution in [0.5, 0.6) is 17.4 Å². The van der Waals surface area contributed by atoms with Gasteiger partial charge < -0.3 is 14.8 Å². The van der Waals surface area contributed by atoms with E-state index in [0.29, 0.717) is 17.1 Å². The Bertz CT molecular complexity index is 1090. The SMILES string of the molecule is COc1cc(NC(=O)c2ccc([N+](=O)[O-])cc2Oc2ccc(F)cc2C)ccn1. The fourth-order valence-electron chi connectivity index (χ4n) is 2.54. The fraction of sp³-hybridized carbons (Fsp3) is 0.100. The maximum Gasteiger partial charge on any atom is 0.273 e. The lowest BCUT2D eigenvalue weighted by molar-refractivity contribution is -0.384. The number of hydrogen-bond acceptors (Lipinski definition) is 6. The summed E-state index contributed by atoms with van der Waals surface area (Å²) < 4.78 is 24.1. The molecule has 0 spiro atoms. The largest absolute Gasteiger partial charge is 0.481 e. The predicted octanol–water partition coefficient (Wildman–Crippen LogP) is 4.49. The van der Waals surface area contributed by atoms with Gasteiger partial charge in [0, 0.05) is 24.0 Å². The quantitative estimate of drug-likeness (QED) is 0.485. The Balaban J connectivity index is 1.96. The number of benzene rings is 2. The van der Waals surface area contributed by atoms with E-state index in [1.807, 2.05) is 0 Å². The van der Waals surface area contributed by atoms with E-state index in [1.165, 1.54) is 49.7 Å². The zero-order valence-electron chi connectivity index (χ0n) is 15.5. The maximum atomic E-state index is 13.3. The van der Waals surface area contributed by atoms with Crippen LogP contribution < -0.4 is 14.8 Å². The zero-order valence-corrected chi connectivity index (χ0v) is 15.5. The number of non-ortho nitro benzene ring substituents is 1. The molecule has 0 aliphatic heterocycles. The second-order valence-corrected chi connectivity index (χ2v) is 5.99. The number of nitrogens with zero attached hydrogens (tertiary/aromatic N) is 2. The molecule has 0 fully saturated rings. The first-order valence-corrected chi connectivity index (χ1v) is 8.41. The molecule has 1 heterocycles. The van der Waals surface area contributed by atoms with Gasteiger partial charge in [0.1, 0.15) is 17.3 Å². The van der Waals surface area contributed by atoms with Crippen LogP contribution in [-0.2, 0) is 0 Å². The summed E-state index contributed by atoms with van der Waals surface area (Å²) in [6, 6.07) is 10.6. The predicted molar refractivity (Wildman–Crippen MR) is 103 cm³/mol. The number of nitro benzene ring substituents is 1. The Morgan fingerprint density at radius 2 is 1.93 bits per heavy atom. The number of ether oxygens (including phenoxy) is 2. The lowest BCUT2D eigenvalue weighted by atomic mass is 10.1. The highest BCUT2D eigenvalue weighted by Crippen LogP contribution is 2.32. The Kier molecular flexibility index (Phi) is 5.68. The van der Waals surface area contributed by atoms with Crippen LogP contribution in [-0.4, -0.2) is 22.9 Å². The van der Waals surface area contributed by atoms with E-state index < -0.39 is 16.6 Å². The van der Waals surface area contributed by atoms with Crippen molar-refractivity contribution in [1.82, 2.24) is 4.98 Å². The van der Waals surface area contributed by atoms with Crippen molar-refractivity contribution in [2.75, 3.05) is 12.4 Å². The summed E-state index contributed by atoms with van der Waals surface area (Å²) in [5.74, 6) is -0.453. The first-order valence-electron chi connectivity index (χ1n) is 8.41. The van der Waals surface area contributed by atoms with E-state index in [4.69, 9.17) is 9.47 Å². The van der Waals surface area contributed by atoms with Crippen molar-refractivity contribution in [2.45, 2.75) is 6.92 Å². The number of carbonyl (C=O) groups excluding carboxylic acids is 1. The van der Waals surface area contributed by atoms with E-state index in [-0.39, 0.29) is 22.7 Å². The van der Waals surface area contributed by atoms with Gasteiger partial charge in [-0.15, -0.1) is 0 Å². The van der Waals surface area contributed by atoms with Crippen LogP contribution in [0.3, 0.4) is 0 Å². The summed E-state index contributed by atoms with van der Waals surface area (Å²) in [7, 11) is 1.45. The Hall–Kier alpha value is -4.01. The van der Waals surface area contributed by atoms with Gasteiger partial charge in [0.25, 0.3) is 11.6 Å². The Morgan fingerprint density at radius 1 is 1.14 bits per heavy atom. The van der Waals surface area contributed by atoms with E-state index in [1.54, 1.807) is 13.0 Å². The number of pyridine rings is 1. The number of aromatic nitrogens is 1. The van der Waals surface area contributed by atoms with Crippen molar-refractivity contribution in [1.29, 1.82) is 0 Å². The summed E-state index contributed by atoms with van der Waals surface area (Å²) in [5, 5.41) is 13.8. The third-order valence-electron chi connectivity index (χ3n) is 3.98. The molecule has 1 aromatic heterocycles. The Labute approximate surface area is 165 Å². The molecular formula is C20H16FN3O5. The van der Waals surface area contributed by atoms with Gasteiger partial charge in [-0.1, -0.05) is 0 Å². The van der Waals surface area contributed by atoms with Crippen LogP contribution >= 0.6 is 0 Å². The van der Waals surface area contributed by atoms with E-state index >= 15 is 0 Å². The standard InChI is InChI=1S/C20H16FN3O5/c1-12-9-13(21)3-6-17(12)29-18-11-15(24(26)27)4-5-16(18)20(25)23-14-7-8-22-19(10-14)28-2/h3-11H,1-2H3,(H,22,23,25). The van der Waals surface area contributed by atoms with Crippen LogP contribution in [0.4, 0.5) is 15.8 Å². The molecule has 8 nitrogen and oxygen atoms in total. The smallest absolute Gasteiger partial charge is 0.273 e. The highest BCUT2D eigenvalue weighted by Gasteiger charge is 2.19. The summed E-state index contributed by atoms with van der Waals surface area (Å²) in [6.45, 7) is 1.62. The van der Waals surface area contributed by atoms with Crippen molar-refractivity contribution < 1.29 is 23.6 Å². The summed E-state index contributed by atoms with van der Waals surface area (Å²) in [6.07, 6.45) is 1.46. The normalized spacial score (nSPS) is 10.3. The first-order chi connectivity index (χ1) is 13.9. The molecular weight excluding hydrogens is 381 g/mol. The number of aryl methyl sites for hydroxylation is 1. The van der Waals surface area contributed by atoms with Crippen LogP contribution in [0.15, 0.2) is 54.7 Å². The zero-order chi connectivity index (χ0) is 21.0. The molecule has 3 aromatic rings. The van der Waals surface area contributed by atoms with Crippen LogP contribution in [0.1, 0.15) is 15.9 Å². The molecule has 148 valence electrons. The van der Waals surface area contributed by atoms with Gasteiger partial charge in [-0.2, -0.15) is 0 Å². The molecule has 1 amide bonds. The van der Waals surface area contributed by atoms with E-state index in [0.717, 1.165) is 6.07 Å². The Morgan fingerprint density at radius 3 is 2.62 bits per heavy atom. The van der Waals surface area contributed by atoms with Gasteiger partial charge in [0.05, 0.1) is 23.7 Å². The number of nitrogens with one attached hydrogen (secondary N) is 1. The summed E-state index contributed by atoms with van der Waals surface area (Å²) in [4.78, 5) is 27.3. The van der Waals surface area contributed by atoms with Crippen LogP contribution in [0.25, 0.3) is 0 Å². The molecule has 3 rings (SSSR count). The maximum absolute atomic E-state index is 13.3. The average molecular weight is 397 g/mol. The van der Waals surface area contributed by atoms with Gasteiger partial charge in [0.2, 0.25) is 5.88 Å². The molecule has 2 aromatic carbocycles. The topological polar surface area (TPSA) is 104 Å². The minimum Gasteiger partial charge on any atom is -0.481 e. The number of rotatable bonds is 6.